The molecule has 0 atom stereocenters. The molecule has 98 valence electrons. The van der Waals surface area contributed by atoms with Gasteiger partial charge in [0.2, 0.25) is 5.91 Å². The molecule has 1 aliphatic rings. The molecule has 1 saturated carbocycles. The monoisotopic (exact) mass is 268 g/mol. The Morgan fingerprint density at radius 2 is 2.00 bits per heavy atom. The summed E-state index contributed by atoms with van der Waals surface area (Å²) in [6, 6.07) is 5.24. The lowest BCUT2D eigenvalue weighted by Crippen LogP contribution is -2.28. The second-order valence-corrected chi connectivity index (χ2v) is 5.12. The topological polar surface area (TPSA) is 75.4 Å². The molecule has 1 fully saturated rings. The van der Waals surface area contributed by atoms with Crippen LogP contribution >= 0.6 is 11.6 Å². The van der Waals surface area contributed by atoms with Crippen LogP contribution in [0.4, 0.5) is 5.69 Å². The SMILES string of the molecule is NC(=O)c1ccc(Cl)c(NC2CCC(O)CC2)c1. The highest BCUT2D eigenvalue weighted by Crippen LogP contribution is 2.27. The van der Waals surface area contributed by atoms with Gasteiger partial charge in [0.25, 0.3) is 0 Å². The molecule has 0 aliphatic heterocycles. The Morgan fingerprint density at radius 1 is 1.33 bits per heavy atom. The molecule has 0 bridgehead atoms. The van der Waals surface area contributed by atoms with E-state index in [1.54, 1.807) is 18.2 Å². The van der Waals surface area contributed by atoms with Crippen LogP contribution in [0.1, 0.15) is 36.0 Å². The van der Waals surface area contributed by atoms with Crippen molar-refractivity contribution in [2.45, 2.75) is 37.8 Å². The number of nitrogens with one attached hydrogen (secondary N) is 1. The third-order valence-corrected chi connectivity index (χ3v) is 3.64. The van der Waals surface area contributed by atoms with E-state index in [9.17, 15) is 9.90 Å². The van der Waals surface area contributed by atoms with E-state index in [1.807, 2.05) is 0 Å². The molecule has 1 aliphatic carbocycles. The van der Waals surface area contributed by atoms with E-state index in [4.69, 9.17) is 17.3 Å². The molecule has 2 rings (SSSR count). The standard InChI is InChI=1S/C13H17ClN2O2/c14-11-6-1-8(13(15)18)7-12(11)16-9-2-4-10(17)5-3-9/h1,6-7,9-10,16-17H,2-5H2,(H2,15,18). The molecule has 0 spiro atoms. The number of aliphatic hydroxyl groups excluding tert-OH is 1. The Kier molecular flexibility index (Phi) is 4.09. The fourth-order valence-corrected chi connectivity index (χ4v) is 2.40. The van der Waals surface area contributed by atoms with Crippen molar-refractivity contribution in [2.75, 3.05) is 5.32 Å². The molecule has 0 radical (unpaired) electrons. The highest BCUT2D eigenvalue weighted by molar-refractivity contribution is 6.33. The van der Waals surface area contributed by atoms with Gasteiger partial charge >= 0.3 is 0 Å². The first-order valence-corrected chi connectivity index (χ1v) is 6.48. The maximum absolute atomic E-state index is 11.1. The molecule has 0 saturated heterocycles. The number of primary amides is 1. The van der Waals surface area contributed by atoms with E-state index in [0.29, 0.717) is 10.6 Å². The zero-order chi connectivity index (χ0) is 13.1. The summed E-state index contributed by atoms with van der Waals surface area (Å²) < 4.78 is 0. The Morgan fingerprint density at radius 3 is 2.61 bits per heavy atom. The lowest BCUT2D eigenvalue weighted by molar-refractivity contribution is 0.100. The smallest absolute Gasteiger partial charge is 0.248 e. The van der Waals surface area contributed by atoms with E-state index in [2.05, 4.69) is 5.32 Å². The molecular weight excluding hydrogens is 252 g/mol. The van der Waals surface area contributed by atoms with Gasteiger partial charge in [-0.3, -0.25) is 4.79 Å². The maximum Gasteiger partial charge on any atom is 0.248 e. The normalized spacial score (nSPS) is 23.7. The predicted octanol–water partition coefficient (Wildman–Crippen LogP) is 2.15. The van der Waals surface area contributed by atoms with Crippen molar-refractivity contribution < 1.29 is 9.90 Å². The van der Waals surface area contributed by atoms with E-state index in [1.165, 1.54) is 0 Å². The van der Waals surface area contributed by atoms with Gasteiger partial charge in [0, 0.05) is 11.6 Å². The number of carbonyl (C=O) groups is 1. The van der Waals surface area contributed by atoms with Crippen LogP contribution in [0.2, 0.25) is 5.02 Å². The minimum atomic E-state index is -0.464. The van der Waals surface area contributed by atoms with E-state index in [-0.39, 0.29) is 12.1 Å². The first kappa shape index (κ1) is 13.2. The molecule has 1 amide bonds. The Hall–Kier alpha value is -1.26. The summed E-state index contributed by atoms with van der Waals surface area (Å²) in [7, 11) is 0. The van der Waals surface area contributed by atoms with Gasteiger partial charge in [-0.05, 0) is 43.9 Å². The third-order valence-electron chi connectivity index (χ3n) is 3.31. The molecule has 4 nitrogen and oxygen atoms in total. The minimum absolute atomic E-state index is 0.185. The summed E-state index contributed by atoms with van der Waals surface area (Å²) in [5, 5.41) is 13.3. The van der Waals surface area contributed by atoms with E-state index < -0.39 is 5.91 Å². The van der Waals surface area contributed by atoms with E-state index >= 15 is 0 Å². The molecule has 0 unspecified atom stereocenters. The molecule has 0 heterocycles. The van der Waals surface area contributed by atoms with Crippen LogP contribution in [0, 0.1) is 0 Å². The molecule has 4 N–H and O–H groups in total. The first-order valence-electron chi connectivity index (χ1n) is 6.10. The average Bonchev–Trinajstić information content (AvgIpc) is 2.34. The van der Waals surface area contributed by atoms with E-state index in [0.717, 1.165) is 31.4 Å². The predicted molar refractivity (Wildman–Crippen MR) is 71.9 cm³/mol. The van der Waals surface area contributed by atoms with Gasteiger partial charge in [0.15, 0.2) is 0 Å². The number of hydrogen-bond acceptors (Lipinski definition) is 3. The molecule has 1 aromatic rings. The minimum Gasteiger partial charge on any atom is -0.393 e. The highest BCUT2D eigenvalue weighted by atomic mass is 35.5. The van der Waals surface area contributed by atoms with Crippen molar-refractivity contribution in [2.24, 2.45) is 5.73 Å². The second-order valence-electron chi connectivity index (χ2n) is 4.71. The summed E-state index contributed by atoms with van der Waals surface area (Å²) >= 11 is 6.08. The van der Waals surface area contributed by atoms with Crippen molar-refractivity contribution in [3.05, 3.63) is 28.8 Å². The number of aliphatic hydroxyl groups is 1. The van der Waals surface area contributed by atoms with Crippen LogP contribution in [0.5, 0.6) is 0 Å². The van der Waals surface area contributed by atoms with Gasteiger partial charge in [-0.15, -0.1) is 0 Å². The van der Waals surface area contributed by atoms with Crippen molar-refractivity contribution in [3.8, 4) is 0 Å². The number of halogens is 1. The highest BCUT2D eigenvalue weighted by Gasteiger charge is 2.20. The summed E-state index contributed by atoms with van der Waals surface area (Å²) in [5.41, 5.74) is 6.41. The Bertz CT molecular complexity index is 443. The van der Waals surface area contributed by atoms with Crippen LogP contribution in [0.3, 0.4) is 0 Å². The van der Waals surface area contributed by atoms with Gasteiger partial charge in [-0.1, -0.05) is 11.6 Å². The van der Waals surface area contributed by atoms with Crippen molar-refractivity contribution in [1.29, 1.82) is 0 Å². The number of nitrogens with two attached hydrogens (primary N) is 1. The van der Waals surface area contributed by atoms with Gasteiger partial charge in [-0.25, -0.2) is 0 Å². The lowest BCUT2D eigenvalue weighted by atomic mass is 9.93. The summed E-state index contributed by atoms with van der Waals surface area (Å²) in [6.45, 7) is 0. The third kappa shape index (κ3) is 3.15. The number of rotatable bonds is 3. The zero-order valence-electron chi connectivity index (χ0n) is 10.0. The zero-order valence-corrected chi connectivity index (χ0v) is 10.8. The second kappa shape index (κ2) is 5.59. The fraction of sp³-hybridized carbons (Fsp3) is 0.462. The number of anilines is 1. The van der Waals surface area contributed by atoms with Crippen molar-refractivity contribution in [1.82, 2.24) is 0 Å². The maximum atomic E-state index is 11.1. The molecule has 18 heavy (non-hydrogen) atoms. The summed E-state index contributed by atoms with van der Waals surface area (Å²) in [4.78, 5) is 11.1. The number of hydrogen-bond donors (Lipinski definition) is 3. The molecule has 5 heteroatoms. The number of carbonyl (C=O) groups excluding carboxylic acids is 1. The van der Waals surface area contributed by atoms with Gasteiger partial charge < -0.3 is 16.2 Å². The number of benzene rings is 1. The van der Waals surface area contributed by atoms with Crippen LogP contribution < -0.4 is 11.1 Å². The van der Waals surface area contributed by atoms with Gasteiger partial charge in [-0.2, -0.15) is 0 Å². The van der Waals surface area contributed by atoms with Crippen LogP contribution in [0.25, 0.3) is 0 Å². The van der Waals surface area contributed by atoms with Gasteiger partial charge in [0.1, 0.15) is 0 Å². The summed E-state index contributed by atoms with van der Waals surface area (Å²) in [5.74, 6) is -0.464. The largest absolute Gasteiger partial charge is 0.393 e. The van der Waals surface area contributed by atoms with Crippen LogP contribution in [-0.2, 0) is 0 Å². The average molecular weight is 269 g/mol. The van der Waals surface area contributed by atoms with Crippen molar-refractivity contribution in [3.63, 3.8) is 0 Å². The fourth-order valence-electron chi connectivity index (χ4n) is 2.23. The Balaban J connectivity index is 2.08. The lowest BCUT2D eigenvalue weighted by Gasteiger charge is -2.27. The molecule has 0 aromatic heterocycles. The molecular formula is C13H17ClN2O2. The van der Waals surface area contributed by atoms with Gasteiger partial charge in [0.05, 0.1) is 16.8 Å². The van der Waals surface area contributed by atoms with Crippen LogP contribution in [0.15, 0.2) is 18.2 Å². The van der Waals surface area contributed by atoms with Crippen LogP contribution in [-0.4, -0.2) is 23.2 Å². The quantitative estimate of drug-likeness (QED) is 0.786. The first-order chi connectivity index (χ1) is 8.56. The molecule has 1 aromatic carbocycles. The number of amides is 1. The summed E-state index contributed by atoms with van der Waals surface area (Å²) in [6.07, 6.45) is 3.21. The van der Waals surface area contributed by atoms with Crippen molar-refractivity contribution >= 4 is 23.2 Å². The Labute approximate surface area is 111 Å².